The van der Waals surface area contributed by atoms with E-state index in [4.69, 9.17) is 4.98 Å². The Balaban J connectivity index is 1.70. The van der Waals surface area contributed by atoms with Crippen LogP contribution < -0.4 is 0 Å². The summed E-state index contributed by atoms with van der Waals surface area (Å²) >= 11 is 0. The highest BCUT2D eigenvalue weighted by molar-refractivity contribution is 5.80. The molecular weight excluding hydrogens is 282 g/mol. The van der Waals surface area contributed by atoms with Crippen molar-refractivity contribution < 1.29 is 0 Å². The number of benzene rings is 2. The van der Waals surface area contributed by atoms with Gasteiger partial charge in [0.05, 0.1) is 11.0 Å². The Morgan fingerprint density at radius 2 is 1.65 bits per heavy atom. The Morgan fingerprint density at radius 3 is 2.57 bits per heavy atom. The molecule has 0 spiro atoms. The molecule has 0 aliphatic heterocycles. The number of hydrogen-bond donors (Lipinski definition) is 0. The predicted molar refractivity (Wildman–Crippen MR) is 93.6 cm³/mol. The van der Waals surface area contributed by atoms with Crippen molar-refractivity contribution in [2.45, 2.75) is 20.3 Å². The van der Waals surface area contributed by atoms with Crippen molar-refractivity contribution in [3.8, 4) is 0 Å². The molecule has 0 fully saturated rings. The smallest absolute Gasteiger partial charge is 0.125 e. The molecule has 0 N–H and O–H groups in total. The Kier molecular flexibility index (Phi) is 3.27. The first-order valence-corrected chi connectivity index (χ1v) is 7.76. The molecule has 2 heterocycles. The second kappa shape index (κ2) is 5.43. The van der Waals surface area contributed by atoms with Gasteiger partial charge in [0.25, 0.3) is 0 Å². The molecule has 4 rings (SSSR count). The summed E-state index contributed by atoms with van der Waals surface area (Å²) < 4.78 is 0. The number of fused-ring (bicyclic) bond motifs is 2. The summed E-state index contributed by atoms with van der Waals surface area (Å²) in [6.07, 6.45) is 2.70. The average Bonchev–Trinajstić information content (AvgIpc) is 2.54. The van der Waals surface area contributed by atoms with Crippen LogP contribution in [0.15, 0.2) is 54.7 Å². The third kappa shape index (κ3) is 2.78. The quantitative estimate of drug-likeness (QED) is 0.551. The molecule has 0 saturated heterocycles. The molecule has 3 heteroatoms. The predicted octanol–water partition coefficient (Wildman–Crippen LogP) is 4.39. The summed E-state index contributed by atoms with van der Waals surface area (Å²) in [6.45, 7) is 4.01. The Morgan fingerprint density at radius 1 is 0.783 bits per heavy atom. The fourth-order valence-corrected chi connectivity index (χ4v) is 2.86. The van der Waals surface area contributed by atoms with E-state index in [0.717, 1.165) is 34.4 Å². The molecule has 0 aliphatic carbocycles. The van der Waals surface area contributed by atoms with Gasteiger partial charge in [0.15, 0.2) is 0 Å². The normalized spacial score (nSPS) is 11.2. The summed E-state index contributed by atoms with van der Waals surface area (Å²) in [5.74, 6) is 0.803. The molecule has 0 bridgehead atoms. The highest BCUT2D eigenvalue weighted by Gasteiger charge is 2.03. The fraction of sp³-hybridized carbons (Fsp3) is 0.150. The van der Waals surface area contributed by atoms with E-state index in [-0.39, 0.29) is 0 Å². The summed E-state index contributed by atoms with van der Waals surface area (Å²) in [4.78, 5) is 13.5. The van der Waals surface area contributed by atoms with Gasteiger partial charge in [0.2, 0.25) is 0 Å². The zero-order chi connectivity index (χ0) is 15.8. The standard InChI is InChI=1S/C20H17N3/c1-13-3-5-16-6-7-18(23-20(16)9-13)11-15-4-8-19-17(10-15)12-21-14(2)22-19/h3-10,12H,11H2,1-2H3. The second-order valence-corrected chi connectivity index (χ2v) is 5.99. The lowest BCUT2D eigenvalue weighted by molar-refractivity contribution is 1.08. The highest BCUT2D eigenvalue weighted by atomic mass is 14.9. The molecule has 4 aromatic rings. The number of hydrogen-bond acceptors (Lipinski definition) is 3. The first-order valence-electron chi connectivity index (χ1n) is 7.76. The molecule has 0 radical (unpaired) electrons. The van der Waals surface area contributed by atoms with Crippen LogP contribution in [0.1, 0.15) is 22.6 Å². The molecular formula is C20H17N3. The number of aromatic nitrogens is 3. The molecule has 0 saturated carbocycles. The second-order valence-electron chi connectivity index (χ2n) is 5.99. The van der Waals surface area contributed by atoms with Crippen molar-refractivity contribution in [3.63, 3.8) is 0 Å². The average molecular weight is 299 g/mol. The van der Waals surface area contributed by atoms with Crippen LogP contribution in [0.5, 0.6) is 0 Å². The lowest BCUT2D eigenvalue weighted by Gasteiger charge is -2.06. The van der Waals surface area contributed by atoms with Gasteiger partial charge in [-0.05, 0) is 49.2 Å². The number of nitrogens with zero attached hydrogens (tertiary/aromatic N) is 3. The van der Waals surface area contributed by atoms with Gasteiger partial charge in [0.1, 0.15) is 5.82 Å². The van der Waals surface area contributed by atoms with Crippen molar-refractivity contribution in [2.24, 2.45) is 0 Å². The molecule has 3 nitrogen and oxygen atoms in total. The summed E-state index contributed by atoms with van der Waals surface area (Å²) in [5, 5.41) is 2.26. The highest BCUT2D eigenvalue weighted by Crippen LogP contribution is 2.18. The summed E-state index contributed by atoms with van der Waals surface area (Å²) in [6, 6.07) is 17.0. The largest absolute Gasteiger partial charge is 0.252 e. The van der Waals surface area contributed by atoms with Crippen LogP contribution >= 0.6 is 0 Å². The van der Waals surface area contributed by atoms with E-state index < -0.39 is 0 Å². The number of rotatable bonds is 2. The van der Waals surface area contributed by atoms with Crippen LogP contribution in [0.25, 0.3) is 21.8 Å². The minimum atomic E-state index is 0.803. The van der Waals surface area contributed by atoms with E-state index in [9.17, 15) is 0 Å². The van der Waals surface area contributed by atoms with Gasteiger partial charge in [-0.3, -0.25) is 4.98 Å². The van der Waals surface area contributed by atoms with Crippen molar-refractivity contribution in [1.29, 1.82) is 0 Å². The molecule has 0 amide bonds. The topological polar surface area (TPSA) is 38.7 Å². The molecule has 23 heavy (non-hydrogen) atoms. The van der Waals surface area contributed by atoms with Crippen LogP contribution in [0, 0.1) is 13.8 Å². The first-order chi connectivity index (χ1) is 11.2. The SMILES string of the molecule is Cc1ccc2ccc(Cc3ccc4nc(C)ncc4c3)nc2c1. The molecule has 2 aromatic heterocycles. The fourth-order valence-electron chi connectivity index (χ4n) is 2.86. The van der Waals surface area contributed by atoms with Gasteiger partial charge in [-0.2, -0.15) is 0 Å². The van der Waals surface area contributed by atoms with E-state index in [1.807, 2.05) is 13.1 Å². The van der Waals surface area contributed by atoms with E-state index in [1.165, 1.54) is 16.5 Å². The van der Waals surface area contributed by atoms with Gasteiger partial charge in [-0.1, -0.05) is 24.3 Å². The van der Waals surface area contributed by atoms with Crippen LogP contribution in [-0.2, 0) is 6.42 Å². The zero-order valence-corrected chi connectivity index (χ0v) is 13.2. The number of pyridine rings is 1. The van der Waals surface area contributed by atoms with Crippen LogP contribution in [0.4, 0.5) is 0 Å². The summed E-state index contributed by atoms with van der Waals surface area (Å²) in [5.41, 5.74) is 5.59. The van der Waals surface area contributed by atoms with Gasteiger partial charge in [-0.15, -0.1) is 0 Å². The monoisotopic (exact) mass is 299 g/mol. The maximum atomic E-state index is 4.79. The molecule has 0 aliphatic rings. The Hall–Kier alpha value is -2.81. The third-order valence-electron chi connectivity index (χ3n) is 4.06. The molecule has 112 valence electrons. The van der Waals surface area contributed by atoms with Gasteiger partial charge in [-0.25, -0.2) is 9.97 Å². The lowest BCUT2D eigenvalue weighted by atomic mass is 10.1. The van der Waals surface area contributed by atoms with E-state index >= 15 is 0 Å². The van der Waals surface area contributed by atoms with Crippen LogP contribution in [0.3, 0.4) is 0 Å². The lowest BCUT2D eigenvalue weighted by Crippen LogP contribution is -1.94. The van der Waals surface area contributed by atoms with E-state index in [2.05, 4.69) is 65.4 Å². The van der Waals surface area contributed by atoms with Crippen molar-refractivity contribution in [2.75, 3.05) is 0 Å². The first kappa shape index (κ1) is 13.8. The Bertz CT molecular complexity index is 1020. The van der Waals surface area contributed by atoms with Gasteiger partial charge in [0, 0.05) is 29.1 Å². The summed E-state index contributed by atoms with van der Waals surface area (Å²) in [7, 11) is 0. The minimum Gasteiger partial charge on any atom is -0.252 e. The zero-order valence-electron chi connectivity index (χ0n) is 13.2. The maximum absolute atomic E-state index is 4.79. The van der Waals surface area contributed by atoms with Crippen LogP contribution in [-0.4, -0.2) is 15.0 Å². The van der Waals surface area contributed by atoms with Crippen molar-refractivity contribution in [3.05, 3.63) is 77.4 Å². The third-order valence-corrected chi connectivity index (χ3v) is 4.06. The maximum Gasteiger partial charge on any atom is 0.125 e. The van der Waals surface area contributed by atoms with E-state index in [1.54, 1.807) is 0 Å². The minimum absolute atomic E-state index is 0.803. The number of aryl methyl sites for hydroxylation is 2. The van der Waals surface area contributed by atoms with Crippen molar-refractivity contribution in [1.82, 2.24) is 15.0 Å². The van der Waals surface area contributed by atoms with Gasteiger partial charge < -0.3 is 0 Å². The van der Waals surface area contributed by atoms with Crippen LogP contribution in [0.2, 0.25) is 0 Å². The van der Waals surface area contributed by atoms with Gasteiger partial charge >= 0.3 is 0 Å². The van der Waals surface area contributed by atoms with Crippen molar-refractivity contribution >= 4 is 21.8 Å². The molecule has 0 atom stereocenters. The Labute approximate surface area is 135 Å². The molecule has 2 aromatic carbocycles. The molecule has 0 unspecified atom stereocenters. The van der Waals surface area contributed by atoms with E-state index in [0.29, 0.717) is 0 Å².